The number of hydrogen-bond acceptors (Lipinski definition) is 4. The Kier molecular flexibility index (Phi) is 7.32. The van der Waals surface area contributed by atoms with Crippen molar-refractivity contribution in [1.29, 1.82) is 0 Å². The highest BCUT2D eigenvalue weighted by Gasteiger charge is 2.17. The molecule has 0 aromatic heterocycles. The summed E-state index contributed by atoms with van der Waals surface area (Å²) in [6, 6.07) is 14.2. The van der Waals surface area contributed by atoms with Crippen LogP contribution in [0.2, 0.25) is 0 Å². The number of amides is 1. The third kappa shape index (κ3) is 5.79. The number of carbonyl (C=O) groups excluding carboxylic acids is 2. The van der Waals surface area contributed by atoms with Crippen molar-refractivity contribution in [2.45, 2.75) is 26.4 Å². The maximum absolute atomic E-state index is 12.6. The van der Waals surface area contributed by atoms with Gasteiger partial charge in [0.05, 0.1) is 6.61 Å². The van der Waals surface area contributed by atoms with Crippen LogP contribution in [0.5, 0.6) is 5.75 Å². The zero-order valence-electron chi connectivity index (χ0n) is 16.0. The minimum atomic E-state index is -0.657. The molecule has 2 aromatic rings. The quantitative estimate of drug-likeness (QED) is 0.304. The second-order valence-electron chi connectivity index (χ2n) is 6.24. The second-order valence-corrected chi connectivity index (χ2v) is 6.24. The van der Waals surface area contributed by atoms with Crippen LogP contribution in [0.15, 0.2) is 61.2 Å². The van der Waals surface area contributed by atoms with Crippen molar-refractivity contribution < 1.29 is 19.1 Å². The molecule has 1 amide bonds. The number of esters is 1. The molecule has 5 heteroatoms. The van der Waals surface area contributed by atoms with Crippen LogP contribution >= 0.6 is 0 Å². The van der Waals surface area contributed by atoms with Crippen molar-refractivity contribution in [1.82, 2.24) is 0 Å². The Morgan fingerprint density at radius 1 is 1.11 bits per heavy atom. The van der Waals surface area contributed by atoms with E-state index in [0.29, 0.717) is 30.0 Å². The fourth-order valence-electron chi connectivity index (χ4n) is 2.34. The van der Waals surface area contributed by atoms with Gasteiger partial charge in [-0.3, -0.25) is 4.79 Å². The van der Waals surface area contributed by atoms with Crippen molar-refractivity contribution in [2.24, 2.45) is 0 Å². The van der Waals surface area contributed by atoms with Gasteiger partial charge in [0.25, 0.3) is 5.91 Å². The predicted molar refractivity (Wildman–Crippen MR) is 106 cm³/mol. The van der Waals surface area contributed by atoms with Gasteiger partial charge in [-0.05, 0) is 56.7 Å². The van der Waals surface area contributed by atoms with E-state index in [9.17, 15) is 9.59 Å². The van der Waals surface area contributed by atoms with Gasteiger partial charge in [0.2, 0.25) is 0 Å². The van der Waals surface area contributed by atoms with E-state index in [4.69, 9.17) is 9.47 Å². The van der Waals surface area contributed by atoms with Gasteiger partial charge in [-0.2, -0.15) is 0 Å². The number of hydrogen-bond donors (Lipinski definition) is 0. The van der Waals surface area contributed by atoms with Gasteiger partial charge in [0.15, 0.2) is 6.10 Å². The van der Waals surface area contributed by atoms with Crippen molar-refractivity contribution in [3.05, 3.63) is 72.3 Å². The summed E-state index contributed by atoms with van der Waals surface area (Å²) in [5.74, 6) is -0.168. The van der Waals surface area contributed by atoms with E-state index in [1.807, 2.05) is 19.1 Å². The minimum Gasteiger partial charge on any atom is -0.425 e. The van der Waals surface area contributed by atoms with Crippen molar-refractivity contribution in [2.75, 3.05) is 18.6 Å². The zero-order valence-corrected chi connectivity index (χ0v) is 16.0. The summed E-state index contributed by atoms with van der Waals surface area (Å²) in [5.41, 5.74) is 2.42. The fraction of sp³-hybridized carbons (Fsp3) is 0.273. The predicted octanol–water partition coefficient (Wildman–Crippen LogP) is 4.16. The van der Waals surface area contributed by atoms with Crippen LogP contribution in [0.1, 0.15) is 29.3 Å². The Morgan fingerprint density at radius 2 is 1.74 bits per heavy atom. The van der Waals surface area contributed by atoms with Gasteiger partial charge in [-0.1, -0.05) is 23.8 Å². The molecule has 0 radical (unpaired) electrons. The van der Waals surface area contributed by atoms with Gasteiger partial charge in [0.1, 0.15) is 5.75 Å². The number of anilines is 1. The average molecular weight is 367 g/mol. The van der Waals surface area contributed by atoms with Crippen molar-refractivity contribution in [3.8, 4) is 5.75 Å². The number of benzene rings is 2. The Morgan fingerprint density at radius 3 is 2.33 bits per heavy atom. The van der Waals surface area contributed by atoms with Gasteiger partial charge in [0, 0.05) is 18.3 Å². The molecule has 0 saturated carbocycles. The van der Waals surface area contributed by atoms with E-state index in [0.717, 1.165) is 5.56 Å². The molecular formula is C22H25NO4. The van der Waals surface area contributed by atoms with Gasteiger partial charge in [-0.25, -0.2) is 4.79 Å². The molecule has 0 heterocycles. The lowest BCUT2D eigenvalue weighted by Crippen LogP contribution is -2.27. The van der Waals surface area contributed by atoms with Gasteiger partial charge >= 0.3 is 5.97 Å². The van der Waals surface area contributed by atoms with E-state index in [2.05, 4.69) is 6.58 Å². The largest absolute Gasteiger partial charge is 0.425 e. The normalized spacial score (nSPS) is 11.5. The van der Waals surface area contributed by atoms with Crippen LogP contribution in [-0.2, 0) is 9.53 Å². The second kappa shape index (κ2) is 9.69. The molecule has 2 aromatic carbocycles. The molecule has 5 nitrogen and oxygen atoms in total. The molecular weight excluding hydrogens is 342 g/mol. The number of nitrogens with zero attached hydrogens (tertiary/aromatic N) is 1. The van der Waals surface area contributed by atoms with Crippen LogP contribution in [0.3, 0.4) is 0 Å². The van der Waals surface area contributed by atoms with E-state index < -0.39 is 12.1 Å². The molecule has 0 aliphatic rings. The SMILES string of the molecule is C=CCCOC(C)C(=O)Oc1ccc(N(C)C(=O)c2ccc(C)cc2)cc1. The Balaban J connectivity index is 1.97. The lowest BCUT2D eigenvalue weighted by molar-refractivity contribution is -0.146. The first-order valence-corrected chi connectivity index (χ1v) is 8.81. The van der Waals surface area contributed by atoms with E-state index in [1.165, 1.54) is 0 Å². The highest BCUT2D eigenvalue weighted by molar-refractivity contribution is 6.05. The highest BCUT2D eigenvalue weighted by Crippen LogP contribution is 2.21. The molecule has 0 N–H and O–H groups in total. The Hall–Kier alpha value is -2.92. The fourth-order valence-corrected chi connectivity index (χ4v) is 2.34. The van der Waals surface area contributed by atoms with Crippen LogP contribution in [0, 0.1) is 6.92 Å². The summed E-state index contributed by atoms with van der Waals surface area (Å²) in [7, 11) is 1.71. The maximum atomic E-state index is 12.6. The first-order valence-electron chi connectivity index (χ1n) is 8.81. The number of carbonyl (C=O) groups is 2. The maximum Gasteiger partial charge on any atom is 0.340 e. The standard InChI is InChI=1S/C22H25NO4/c1-5-6-15-26-17(3)22(25)27-20-13-11-19(12-14-20)23(4)21(24)18-9-7-16(2)8-10-18/h5,7-14,17H,1,6,15H2,2-4H3. The van der Waals surface area contributed by atoms with Gasteiger partial charge < -0.3 is 14.4 Å². The molecule has 0 fully saturated rings. The average Bonchev–Trinajstić information content (AvgIpc) is 2.68. The van der Waals surface area contributed by atoms with Crippen molar-refractivity contribution >= 4 is 17.6 Å². The van der Waals surface area contributed by atoms with Crippen LogP contribution in [0.4, 0.5) is 5.69 Å². The summed E-state index contributed by atoms with van der Waals surface area (Å²) < 4.78 is 10.7. The number of ether oxygens (including phenoxy) is 2. The summed E-state index contributed by atoms with van der Waals surface area (Å²) in [6.07, 6.45) is 1.74. The van der Waals surface area contributed by atoms with Crippen molar-refractivity contribution in [3.63, 3.8) is 0 Å². The third-order valence-electron chi connectivity index (χ3n) is 4.07. The molecule has 0 spiro atoms. The van der Waals surface area contributed by atoms with Crippen LogP contribution in [0.25, 0.3) is 0 Å². The molecule has 27 heavy (non-hydrogen) atoms. The smallest absolute Gasteiger partial charge is 0.340 e. The lowest BCUT2D eigenvalue weighted by atomic mass is 10.1. The first kappa shape index (κ1) is 20.4. The zero-order chi connectivity index (χ0) is 19.8. The van der Waals surface area contributed by atoms with E-state index >= 15 is 0 Å². The minimum absolute atomic E-state index is 0.107. The van der Waals surface area contributed by atoms with Crippen LogP contribution in [-0.4, -0.2) is 31.6 Å². The summed E-state index contributed by atoms with van der Waals surface area (Å²) >= 11 is 0. The van der Waals surface area contributed by atoms with Gasteiger partial charge in [-0.15, -0.1) is 6.58 Å². The molecule has 1 unspecified atom stereocenters. The molecule has 0 aliphatic heterocycles. The molecule has 0 aliphatic carbocycles. The molecule has 0 bridgehead atoms. The third-order valence-corrected chi connectivity index (χ3v) is 4.07. The molecule has 1 atom stereocenters. The summed E-state index contributed by atoms with van der Waals surface area (Å²) in [6.45, 7) is 7.65. The first-order chi connectivity index (χ1) is 12.9. The monoisotopic (exact) mass is 367 g/mol. The Labute approximate surface area is 160 Å². The summed E-state index contributed by atoms with van der Waals surface area (Å²) in [5, 5.41) is 0. The number of aryl methyl sites for hydroxylation is 1. The van der Waals surface area contributed by atoms with E-state index in [-0.39, 0.29) is 5.91 Å². The van der Waals surface area contributed by atoms with Crippen LogP contribution < -0.4 is 9.64 Å². The molecule has 142 valence electrons. The number of rotatable bonds is 8. The molecule has 2 rings (SSSR count). The summed E-state index contributed by atoms with van der Waals surface area (Å²) in [4.78, 5) is 26.1. The van der Waals surface area contributed by atoms with E-state index in [1.54, 1.807) is 61.3 Å². The topological polar surface area (TPSA) is 55.8 Å². The highest BCUT2D eigenvalue weighted by atomic mass is 16.6. The molecule has 0 saturated heterocycles. The Bertz CT molecular complexity index is 781. The lowest BCUT2D eigenvalue weighted by Gasteiger charge is -2.18.